The van der Waals surface area contributed by atoms with Crippen LogP contribution in [0, 0.1) is 5.92 Å². The second-order valence-electron chi connectivity index (χ2n) is 7.83. The highest BCUT2D eigenvalue weighted by molar-refractivity contribution is 5.95. The highest BCUT2D eigenvalue weighted by atomic mass is 16.5. The highest BCUT2D eigenvalue weighted by Gasteiger charge is 2.49. The molecule has 3 aliphatic rings. The van der Waals surface area contributed by atoms with Crippen molar-refractivity contribution in [3.8, 4) is 0 Å². The van der Waals surface area contributed by atoms with Crippen LogP contribution in [0.15, 0.2) is 12.4 Å². The van der Waals surface area contributed by atoms with E-state index in [0.717, 1.165) is 31.5 Å². The van der Waals surface area contributed by atoms with Gasteiger partial charge in [0.2, 0.25) is 11.8 Å². The Labute approximate surface area is 153 Å². The molecule has 1 aromatic rings. The monoisotopic (exact) mass is 361 g/mol. The zero-order valence-corrected chi connectivity index (χ0v) is 15.6. The van der Waals surface area contributed by atoms with Crippen molar-refractivity contribution >= 4 is 17.5 Å². The summed E-state index contributed by atoms with van der Waals surface area (Å²) in [5, 5.41) is 4.20. The molecule has 0 saturated carbocycles. The van der Waals surface area contributed by atoms with Gasteiger partial charge in [-0.1, -0.05) is 0 Å². The number of likely N-dealkylation sites (N-methyl/N-ethyl adjacent to an activating group) is 1. The molecule has 3 aliphatic heterocycles. The summed E-state index contributed by atoms with van der Waals surface area (Å²) < 4.78 is 7.10. The number of ether oxygens (including phenoxy) is 1. The van der Waals surface area contributed by atoms with E-state index >= 15 is 0 Å². The maximum Gasteiger partial charge on any atom is 0.241 e. The van der Waals surface area contributed by atoms with Crippen LogP contribution in [-0.2, 0) is 21.4 Å². The Morgan fingerprint density at radius 2 is 2.04 bits per heavy atom. The average molecular weight is 361 g/mol. The number of anilines is 1. The summed E-state index contributed by atoms with van der Waals surface area (Å²) in [5.41, 5.74) is 0.657. The van der Waals surface area contributed by atoms with Crippen LogP contribution in [0.25, 0.3) is 0 Å². The number of amides is 2. The van der Waals surface area contributed by atoms with E-state index in [2.05, 4.69) is 10.00 Å². The van der Waals surface area contributed by atoms with Gasteiger partial charge >= 0.3 is 0 Å². The van der Waals surface area contributed by atoms with Crippen LogP contribution in [0.4, 0.5) is 5.69 Å². The van der Waals surface area contributed by atoms with E-state index in [4.69, 9.17) is 4.74 Å². The van der Waals surface area contributed by atoms with Crippen LogP contribution < -0.4 is 4.90 Å². The summed E-state index contributed by atoms with van der Waals surface area (Å²) in [4.78, 5) is 31.5. The van der Waals surface area contributed by atoms with Crippen molar-refractivity contribution in [2.45, 2.75) is 24.8 Å². The van der Waals surface area contributed by atoms with Crippen molar-refractivity contribution in [2.75, 3.05) is 51.3 Å². The average Bonchev–Trinajstić information content (AvgIpc) is 3.26. The maximum absolute atomic E-state index is 12.9. The Morgan fingerprint density at radius 3 is 2.73 bits per heavy atom. The minimum atomic E-state index is -0.176. The third kappa shape index (κ3) is 3.01. The molecule has 4 rings (SSSR count). The van der Waals surface area contributed by atoms with Crippen molar-refractivity contribution < 1.29 is 14.3 Å². The highest BCUT2D eigenvalue weighted by Crippen LogP contribution is 2.34. The van der Waals surface area contributed by atoms with Gasteiger partial charge in [-0.2, -0.15) is 5.10 Å². The zero-order valence-electron chi connectivity index (χ0n) is 15.6. The Morgan fingerprint density at radius 1 is 1.27 bits per heavy atom. The predicted molar refractivity (Wildman–Crippen MR) is 95.7 cm³/mol. The number of hydrogen-bond donors (Lipinski definition) is 0. The van der Waals surface area contributed by atoms with Gasteiger partial charge in [0.25, 0.3) is 0 Å². The third-order valence-corrected chi connectivity index (χ3v) is 6.15. The Bertz CT molecular complexity index is 699. The van der Waals surface area contributed by atoms with E-state index in [-0.39, 0.29) is 23.3 Å². The molecule has 8 heteroatoms. The van der Waals surface area contributed by atoms with Crippen molar-refractivity contribution in [3.63, 3.8) is 0 Å². The molecule has 1 unspecified atom stereocenters. The van der Waals surface area contributed by atoms with Crippen molar-refractivity contribution in [1.82, 2.24) is 19.6 Å². The van der Waals surface area contributed by atoms with Gasteiger partial charge < -0.3 is 14.5 Å². The van der Waals surface area contributed by atoms with E-state index in [1.165, 1.54) is 0 Å². The summed E-state index contributed by atoms with van der Waals surface area (Å²) in [7, 11) is 3.85. The molecule has 1 aromatic heterocycles. The SMILES string of the molecule is CN1CC(=O)N(c2cnn(C)c2)CC12CCN(C(=O)C1CCOCC1)C2. The molecule has 1 atom stereocenters. The number of rotatable bonds is 2. The van der Waals surface area contributed by atoms with Crippen LogP contribution in [0.2, 0.25) is 0 Å². The van der Waals surface area contributed by atoms with E-state index in [1.807, 2.05) is 30.1 Å². The molecule has 0 aliphatic carbocycles. The second-order valence-corrected chi connectivity index (χ2v) is 7.83. The van der Waals surface area contributed by atoms with Gasteiger partial charge in [-0.05, 0) is 26.3 Å². The summed E-state index contributed by atoms with van der Waals surface area (Å²) >= 11 is 0. The molecule has 4 heterocycles. The second kappa shape index (κ2) is 6.66. The number of aromatic nitrogens is 2. The molecule has 0 bridgehead atoms. The van der Waals surface area contributed by atoms with Gasteiger partial charge in [0.15, 0.2) is 0 Å². The number of carbonyl (C=O) groups excluding carboxylic acids is 2. The van der Waals surface area contributed by atoms with Gasteiger partial charge in [-0.15, -0.1) is 0 Å². The molecule has 0 aromatic carbocycles. The smallest absolute Gasteiger partial charge is 0.241 e. The van der Waals surface area contributed by atoms with Crippen LogP contribution >= 0.6 is 0 Å². The lowest BCUT2D eigenvalue weighted by molar-refractivity contribution is -0.138. The zero-order chi connectivity index (χ0) is 18.3. The van der Waals surface area contributed by atoms with E-state index in [9.17, 15) is 9.59 Å². The molecular formula is C18H27N5O3. The Balaban J connectivity index is 1.50. The fraction of sp³-hybridized carbons (Fsp3) is 0.722. The molecule has 3 fully saturated rings. The lowest BCUT2D eigenvalue weighted by Crippen LogP contribution is -2.64. The van der Waals surface area contributed by atoms with Crippen molar-refractivity contribution in [2.24, 2.45) is 13.0 Å². The maximum atomic E-state index is 12.9. The number of carbonyl (C=O) groups is 2. The number of nitrogens with zero attached hydrogens (tertiary/aromatic N) is 5. The van der Waals surface area contributed by atoms with Gasteiger partial charge in [0.05, 0.1) is 24.0 Å². The Hall–Kier alpha value is -1.93. The quantitative estimate of drug-likeness (QED) is 0.747. The van der Waals surface area contributed by atoms with Crippen LogP contribution in [0.1, 0.15) is 19.3 Å². The number of hydrogen-bond acceptors (Lipinski definition) is 5. The van der Waals surface area contributed by atoms with E-state index < -0.39 is 0 Å². The minimum Gasteiger partial charge on any atom is -0.381 e. The first-order chi connectivity index (χ1) is 12.5. The molecule has 8 nitrogen and oxygen atoms in total. The lowest BCUT2D eigenvalue weighted by atomic mass is 9.92. The van der Waals surface area contributed by atoms with Crippen LogP contribution in [0.5, 0.6) is 0 Å². The molecular weight excluding hydrogens is 334 g/mol. The van der Waals surface area contributed by atoms with E-state index in [1.54, 1.807) is 10.9 Å². The largest absolute Gasteiger partial charge is 0.381 e. The lowest BCUT2D eigenvalue weighted by Gasteiger charge is -2.46. The standard InChI is InChI=1S/C18H27N5O3/c1-20-11-16(24)23(15-9-19-21(2)10-15)13-18(20)5-6-22(12-18)17(25)14-3-7-26-8-4-14/h9-10,14H,3-8,11-13H2,1-2H3. The number of likely N-dealkylation sites (tertiary alicyclic amines) is 1. The summed E-state index contributed by atoms with van der Waals surface area (Å²) in [6, 6.07) is 0. The van der Waals surface area contributed by atoms with Crippen molar-refractivity contribution in [3.05, 3.63) is 12.4 Å². The van der Waals surface area contributed by atoms with Gasteiger partial charge in [0.1, 0.15) is 0 Å². The molecule has 0 N–H and O–H groups in total. The summed E-state index contributed by atoms with van der Waals surface area (Å²) in [6.07, 6.45) is 6.13. The van der Waals surface area contributed by atoms with Gasteiger partial charge in [-0.3, -0.25) is 19.2 Å². The third-order valence-electron chi connectivity index (χ3n) is 6.15. The fourth-order valence-electron chi connectivity index (χ4n) is 4.43. The molecule has 142 valence electrons. The first kappa shape index (κ1) is 17.5. The molecule has 2 amide bonds. The topological polar surface area (TPSA) is 70.9 Å². The molecule has 0 radical (unpaired) electrons. The first-order valence-electron chi connectivity index (χ1n) is 9.35. The number of piperazine rings is 1. The normalized spacial score (nSPS) is 28.3. The summed E-state index contributed by atoms with van der Waals surface area (Å²) in [5.74, 6) is 0.424. The Kier molecular flexibility index (Phi) is 4.48. The van der Waals surface area contributed by atoms with E-state index in [0.29, 0.717) is 32.8 Å². The first-order valence-corrected chi connectivity index (χ1v) is 9.35. The van der Waals surface area contributed by atoms with Crippen LogP contribution in [-0.4, -0.2) is 83.4 Å². The molecule has 3 saturated heterocycles. The number of aryl methyl sites for hydroxylation is 1. The van der Waals surface area contributed by atoms with Gasteiger partial charge in [-0.25, -0.2) is 0 Å². The summed E-state index contributed by atoms with van der Waals surface area (Å²) in [6.45, 7) is 3.77. The fourth-order valence-corrected chi connectivity index (χ4v) is 4.43. The predicted octanol–water partition coefficient (Wildman–Crippen LogP) is 0.0962. The molecule has 26 heavy (non-hydrogen) atoms. The van der Waals surface area contributed by atoms with Crippen LogP contribution in [0.3, 0.4) is 0 Å². The van der Waals surface area contributed by atoms with Crippen molar-refractivity contribution in [1.29, 1.82) is 0 Å². The minimum absolute atomic E-state index is 0.0836. The van der Waals surface area contributed by atoms with Gasteiger partial charge in [0, 0.05) is 52.0 Å². The molecule has 1 spiro atoms.